The molecule has 0 aliphatic rings. The molecular formula is C19H10Cl2N2O3. The average molecular weight is 385 g/mol. The van der Waals surface area contributed by atoms with E-state index >= 15 is 0 Å². The molecule has 2 aromatic carbocycles. The van der Waals surface area contributed by atoms with Gasteiger partial charge in [-0.2, -0.15) is 0 Å². The molecule has 0 aliphatic carbocycles. The number of benzene rings is 2. The van der Waals surface area contributed by atoms with Gasteiger partial charge in [0, 0.05) is 12.3 Å². The van der Waals surface area contributed by atoms with Crippen LogP contribution in [0, 0.1) is 0 Å². The Morgan fingerprint density at radius 1 is 1.00 bits per heavy atom. The maximum atomic E-state index is 12.3. The van der Waals surface area contributed by atoms with E-state index in [1.807, 2.05) is 12.1 Å². The predicted octanol–water partition coefficient (Wildman–Crippen LogP) is 5.42. The SMILES string of the molecule is O=C(Oc1ccc2nc(-c3ccccn3)oc2c1)c1ccc(Cl)c(Cl)c1. The summed E-state index contributed by atoms with van der Waals surface area (Å²) in [4.78, 5) is 20.8. The van der Waals surface area contributed by atoms with Gasteiger partial charge in [-0.3, -0.25) is 4.98 Å². The molecule has 4 aromatic rings. The van der Waals surface area contributed by atoms with Crippen molar-refractivity contribution in [1.82, 2.24) is 9.97 Å². The van der Waals surface area contributed by atoms with Crippen molar-refractivity contribution in [1.29, 1.82) is 0 Å². The highest BCUT2D eigenvalue weighted by Gasteiger charge is 2.13. The minimum atomic E-state index is -0.549. The summed E-state index contributed by atoms with van der Waals surface area (Å²) < 4.78 is 11.1. The number of aromatic nitrogens is 2. The van der Waals surface area contributed by atoms with E-state index in [-0.39, 0.29) is 5.02 Å². The molecule has 26 heavy (non-hydrogen) atoms. The Kier molecular flexibility index (Phi) is 4.32. The van der Waals surface area contributed by atoms with Gasteiger partial charge in [0.1, 0.15) is 17.0 Å². The molecule has 0 atom stereocenters. The van der Waals surface area contributed by atoms with Crippen LogP contribution in [0.3, 0.4) is 0 Å². The Morgan fingerprint density at radius 2 is 1.88 bits per heavy atom. The highest BCUT2D eigenvalue weighted by Crippen LogP contribution is 2.27. The van der Waals surface area contributed by atoms with Crippen molar-refractivity contribution >= 4 is 40.3 Å². The zero-order valence-electron chi connectivity index (χ0n) is 13.1. The lowest BCUT2D eigenvalue weighted by Crippen LogP contribution is -2.08. The Labute approximate surface area is 158 Å². The maximum absolute atomic E-state index is 12.3. The number of ether oxygens (including phenoxy) is 1. The lowest BCUT2D eigenvalue weighted by atomic mass is 10.2. The quantitative estimate of drug-likeness (QED) is 0.348. The number of nitrogens with zero attached hydrogens (tertiary/aromatic N) is 2. The third-order valence-electron chi connectivity index (χ3n) is 3.61. The number of hydrogen-bond acceptors (Lipinski definition) is 5. The molecule has 5 nitrogen and oxygen atoms in total. The Bertz CT molecular complexity index is 1110. The van der Waals surface area contributed by atoms with E-state index in [9.17, 15) is 4.79 Å². The molecule has 2 aromatic heterocycles. The minimum absolute atomic E-state index is 0.284. The molecule has 2 heterocycles. The number of hydrogen-bond donors (Lipinski definition) is 0. The van der Waals surface area contributed by atoms with Gasteiger partial charge in [0.2, 0.25) is 5.89 Å². The van der Waals surface area contributed by atoms with Crippen molar-refractivity contribution in [3.05, 3.63) is 76.4 Å². The van der Waals surface area contributed by atoms with Crippen molar-refractivity contribution < 1.29 is 13.9 Å². The van der Waals surface area contributed by atoms with Crippen LogP contribution in [-0.2, 0) is 0 Å². The highest BCUT2D eigenvalue weighted by atomic mass is 35.5. The highest BCUT2D eigenvalue weighted by molar-refractivity contribution is 6.42. The fraction of sp³-hybridized carbons (Fsp3) is 0. The standard InChI is InChI=1S/C19H10Cl2N2O3/c20-13-6-4-11(9-14(13)21)19(24)25-12-5-7-15-17(10-12)26-18(23-15)16-3-1-2-8-22-16/h1-10H. The average Bonchev–Trinajstić information content (AvgIpc) is 3.08. The van der Waals surface area contributed by atoms with Crippen molar-refractivity contribution in [3.63, 3.8) is 0 Å². The van der Waals surface area contributed by atoms with Crippen molar-refractivity contribution in [2.75, 3.05) is 0 Å². The van der Waals surface area contributed by atoms with Gasteiger partial charge in [-0.1, -0.05) is 29.3 Å². The molecule has 0 radical (unpaired) electrons. The Morgan fingerprint density at radius 3 is 2.65 bits per heavy atom. The Hall–Kier alpha value is -2.89. The summed E-state index contributed by atoms with van der Waals surface area (Å²) in [6.07, 6.45) is 1.66. The predicted molar refractivity (Wildman–Crippen MR) is 98.7 cm³/mol. The van der Waals surface area contributed by atoms with Crippen LogP contribution in [0.2, 0.25) is 10.0 Å². The van der Waals surface area contributed by atoms with Crippen LogP contribution in [0.25, 0.3) is 22.7 Å². The first kappa shape index (κ1) is 16.6. The number of fused-ring (bicyclic) bond motifs is 1. The second-order valence-corrected chi connectivity index (χ2v) is 6.20. The van der Waals surface area contributed by atoms with Gasteiger partial charge in [-0.25, -0.2) is 9.78 Å². The van der Waals surface area contributed by atoms with E-state index in [1.165, 1.54) is 6.07 Å². The van der Waals surface area contributed by atoms with E-state index in [0.29, 0.717) is 39.0 Å². The summed E-state index contributed by atoms with van der Waals surface area (Å²) in [5.41, 5.74) is 2.05. The van der Waals surface area contributed by atoms with E-state index < -0.39 is 5.97 Å². The fourth-order valence-electron chi connectivity index (χ4n) is 2.36. The second kappa shape index (κ2) is 6.78. The third-order valence-corrected chi connectivity index (χ3v) is 4.35. The molecule has 0 aliphatic heterocycles. The number of rotatable bonds is 3. The molecule has 0 amide bonds. The molecule has 0 saturated heterocycles. The number of oxazole rings is 1. The van der Waals surface area contributed by atoms with E-state index in [2.05, 4.69) is 9.97 Å². The lowest BCUT2D eigenvalue weighted by Gasteiger charge is -2.05. The summed E-state index contributed by atoms with van der Waals surface area (Å²) >= 11 is 11.8. The minimum Gasteiger partial charge on any atom is -0.435 e. The zero-order chi connectivity index (χ0) is 18.1. The molecule has 128 valence electrons. The Balaban J connectivity index is 1.61. The molecule has 0 saturated carbocycles. The van der Waals surface area contributed by atoms with Crippen LogP contribution in [-0.4, -0.2) is 15.9 Å². The first-order valence-corrected chi connectivity index (χ1v) is 8.35. The van der Waals surface area contributed by atoms with Crippen LogP contribution in [0.5, 0.6) is 5.75 Å². The van der Waals surface area contributed by atoms with Gasteiger partial charge in [0.15, 0.2) is 5.58 Å². The summed E-state index contributed by atoms with van der Waals surface area (Å²) in [6, 6.07) is 15.0. The van der Waals surface area contributed by atoms with Gasteiger partial charge >= 0.3 is 5.97 Å². The molecule has 0 fully saturated rings. The summed E-state index contributed by atoms with van der Waals surface area (Å²) in [6.45, 7) is 0. The van der Waals surface area contributed by atoms with Crippen molar-refractivity contribution in [3.8, 4) is 17.3 Å². The first-order chi connectivity index (χ1) is 12.6. The van der Waals surface area contributed by atoms with Crippen LogP contribution in [0.4, 0.5) is 0 Å². The lowest BCUT2D eigenvalue weighted by molar-refractivity contribution is 0.0735. The van der Waals surface area contributed by atoms with Crippen LogP contribution in [0.15, 0.2) is 65.2 Å². The number of halogens is 2. The van der Waals surface area contributed by atoms with Crippen LogP contribution < -0.4 is 4.74 Å². The monoisotopic (exact) mass is 384 g/mol. The summed E-state index contributed by atoms with van der Waals surface area (Å²) in [7, 11) is 0. The molecule has 4 rings (SSSR count). The second-order valence-electron chi connectivity index (χ2n) is 5.38. The van der Waals surface area contributed by atoms with Crippen molar-refractivity contribution in [2.45, 2.75) is 0 Å². The summed E-state index contributed by atoms with van der Waals surface area (Å²) in [5, 5.41) is 0.653. The van der Waals surface area contributed by atoms with Gasteiger partial charge in [-0.15, -0.1) is 0 Å². The molecule has 0 unspecified atom stereocenters. The topological polar surface area (TPSA) is 65.2 Å². The number of carbonyl (C=O) groups is 1. The molecular weight excluding hydrogens is 375 g/mol. The van der Waals surface area contributed by atoms with Gasteiger partial charge in [0.05, 0.1) is 15.6 Å². The largest absolute Gasteiger partial charge is 0.435 e. The van der Waals surface area contributed by atoms with E-state index in [0.717, 1.165) is 0 Å². The maximum Gasteiger partial charge on any atom is 0.343 e. The number of carbonyl (C=O) groups excluding carboxylic acids is 1. The molecule has 0 N–H and O–H groups in total. The smallest absolute Gasteiger partial charge is 0.343 e. The third kappa shape index (κ3) is 3.27. The van der Waals surface area contributed by atoms with Crippen LogP contribution >= 0.6 is 23.2 Å². The van der Waals surface area contributed by atoms with E-state index in [4.69, 9.17) is 32.4 Å². The van der Waals surface area contributed by atoms with Crippen molar-refractivity contribution in [2.24, 2.45) is 0 Å². The zero-order valence-corrected chi connectivity index (χ0v) is 14.7. The summed E-state index contributed by atoms with van der Waals surface area (Å²) in [5.74, 6) is 0.179. The molecule has 0 spiro atoms. The molecule has 0 bridgehead atoms. The number of pyridine rings is 1. The molecule has 7 heteroatoms. The normalized spacial score (nSPS) is 10.8. The van der Waals surface area contributed by atoms with E-state index in [1.54, 1.807) is 42.6 Å². The van der Waals surface area contributed by atoms with Gasteiger partial charge in [-0.05, 0) is 42.5 Å². The van der Waals surface area contributed by atoms with Gasteiger partial charge < -0.3 is 9.15 Å². The fourth-order valence-corrected chi connectivity index (χ4v) is 2.65. The number of esters is 1. The van der Waals surface area contributed by atoms with Gasteiger partial charge in [0.25, 0.3) is 0 Å². The first-order valence-electron chi connectivity index (χ1n) is 7.59. The van der Waals surface area contributed by atoms with Crippen LogP contribution in [0.1, 0.15) is 10.4 Å².